The largest absolute Gasteiger partial charge is 0.352 e. The first-order valence-corrected chi connectivity index (χ1v) is 6.25. The standard InChI is InChI=1S/C8H11N3OS2/c1-5(7(12)10-6-2-3-6)14-8-11-9-4-13-8/h4-6H,2-3H2,1H3,(H,10,12)/t5-/m0/s1. The summed E-state index contributed by atoms with van der Waals surface area (Å²) in [5, 5.41) is 10.5. The van der Waals surface area contributed by atoms with Crippen molar-refractivity contribution in [3.63, 3.8) is 0 Å². The highest BCUT2D eigenvalue weighted by atomic mass is 32.2. The number of thioether (sulfide) groups is 1. The molecule has 1 aromatic rings. The summed E-state index contributed by atoms with van der Waals surface area (Å²) in [6.45, 7) is 1.89. The second-order valence-electron chi connectivity index (χ2n) is 3.25. The van der Waals surface area contributed by atoms with Gasteiger partial charge in [-0.1, -0.05) is 23.1 Å². The molecule has 0 aromatic carbocycles. The molecule has 1 amide bonds. The fraction of sp³-hybridized carbons (Fsp3) is 0.625. The fourth-order valence-corrected chi connectivity index (χ4v) is 2.60. The van der Waals surface area contributed by atoms with Crippen molar-refractivity contribution < 1.29 is 4.79 Å². The van der Waals surface area contributed by atoms with Gasteiger partial charge in [-0.05, 0) is 19.8 Å². The molecule has 1 saturated carbocycles. The van der Waals surface area contributed by atoms with Crippen molar-refractivity contribution in [3.05, 3.63) is 5.51 Å². The van der Waals surface area contributed by atoms with Gasteiger partial charge in [-0.15, -0.1) is 10.2 Å². The van der Waals surface area contributed by atoms with Crippen molar-refractivity contribution in [1.82, 2.24) is 15.5 Å². The molecule has 0 spiro atoms. The average molecular weight is 229 g/mol. The quantitative estimate of drug-likeness (QED) is 0.791. The highest BCUT2D eigenvalue weighted by Crippen LogP contribution is 2.25. The first-order valence-electron chi connectivity index (χ1n) is 4.49. The van der Waals surface area contributed by atoms with Gasteiger partial charge in [-0.25, -0.2) is 0 Å². The molecule has 0 aliphatic heterocycles. The molecule has 1 N–H and O–H groups in total. The monoisotopic (exact) mass is 229 g/mol. The van der Waals surface area contributed by atoms with Gasteiger partial charge >= 0.3 is 0 Å². The molecule has 1 aromatic heterocycles. The van der Waals surface area contributed by atoms with E-state index >= 15 is 0 Å². The molecule has 14 heavy (non-hydrogen) atoms. The van der Waals surface area contributed by atoms with Gasteiger partial charge in [0.2, 0.25) is 5.91 Å². The highest BCUT2D eigenvalue weighted by Gasteiger charge is 2.26. The van der Waals surface area contributed by atoms with Crippen LogP contribution in [-0.4, -0.2) is 27.4 Å². The first kappa shape index (κ1) is 9.92. The molecule has 1 fully saturated rings. The van der Waals surface area contributed by atoms with Gasteiger partial charge in [0.15, 0.2) is 4.34 Å². The Kier molecular flexibility index (Phi) is 3.02. The Morgan fingerprint density at radius 2 is 2.57 bits per heavy atom. The third-order valence-electron chi connectivity index (χ3n) is 1.91. The Morgan fingerprint density at radius 3 is 3.14 bits per heavy atom. The van der Waals surface area contributed by atoms with Crippen LogP contribution in [0.3, 0.4) is 0 Å². The molecule has 1 heterocycles. The van der Waals surface area contributed by atoms with Crippen molar-refractivity contribution in [2.24, 2.45) is 0 Å². The van der Waals surface area contributed by atoms with Crippen LogP contribution in [0.1, 0.15) is 19.8 Å². The number of nitrogens with one attached hydrogen (secondary N) is 1. The number of rotatable bonds is 4. The van der Waals surface area contributed by atoms with Crippen molar-refractivity contribution in [2.75, 3.05) is 0 Å². The Labute approximate surface area is 90.5 Å². The van der Waals surface area contributed by atoms with Crippen LogP contribution < -0.4 is 5.32 Å². The molecule has 1 aliphatic rings. The number of aromatic nitrogens is 2. The third kappa shape index (κ3) is 2.68. The van der Waals surface area contributed by atoms with Crippen LogP contribution in [0.15, 0.2) is 9.85 Å². The number of carbonyl (C=O) groups excluding carboxylic acids is 1. The van der Waals surface area contributed by atoms with Gasteiger partial charge in [0, 0.05) is 6.04 Å². The normalized spacial score (nSPS) is 17.8. The van der Waals surface area contributed by atoms with Gasteiger partial charge in [0.1, 0.15) is 5.51 Å². The second kappa shape index (κ2) is 4.27. The fourth-order valence-electron chi connectivity index (χ4n) is 0.965. The van der Waals surface area contributed by atoms with Crippen molar-refractivity contribution in [1.29, 1.82) is 0 Å². The Morgan fingerprint density at radius 1 is 1.79 bits per heavy atom. The van der Waals surface area contributed by atoms with Crippen molar-refractivity contribution >= 4 is 29.0 Å². The Bertz CT molecular complexity index is 310. The first-order chi connectivity index (χ1) is 6.75. The van der Waals surface area contributed by atoms with Crippen LogP contribution in [0.2, 0.25) is 0 Å². The molecule has 1 atom stereocenters. The van der Waals surface area contributed by atoms with Gasteiger partial charge in [-0.3, -0.25) is 4.79 Å². The van der Waals surface area contributed by atoms with Crippen molar-refractivity contribution in [3.8, 4) is 0 Å². The summed E-state index contributed by atoms with van der Waals surface area (Å²) in [4.78, 5) is 11.5. The van der Waals surface area contributed by atoms with E-state index in [-0.39, 0.29) is 11.2 Å². The zero-order valence-corrected chi connectivity index (χ0v) is 9.40. The third-order valence-corrected chi connectivity index (χ3v) is 3.82. The topological polar surface area (TPSA) is 54.9 Å². The van der Waals surface area contributed by atoms with E-state index in [1.807, 2.05) is 6.92 Å². The number of hydrogen-bond acceptors (Lipinski definition) is 5. The summed E-state index contributed by atoms with van der Waals surface area (Å²) in [7, 11) is 0. The van der Waals surface area contributed by atoms with E-state index in [0.29, 0.717) is 6.04 Å². The molecular weight excluding hydrogens is 218 g/mol. The van der Waals surface area contributed by atoms with Crippen LogP contribution in [0, 0.1) is 0 Å². The molecule has 2 rings (SSSR count). The van der Waals surface area contributed by atoms with E-state index in [2.05, 4.69) is 15.5 Å². The number of carbonyl (C=O) groups is 1. The van der Waals surface area contributed by atoms with Gasteiger partial charge in [0.25, 0.3) is 0 Å². The summed E-state index contributed by atoms with van der Waals surface area (Å²) in [5.74, 6) is 0.104. The maximum absolute atomic E-state index is 11.5. The minimum absolute atomic E-state index is 0.0800. The van der Waals surface area contributed by atoms with Crippen molar-refractivity contribution in [2.45, 2.75) is 35.4 Å². The van der Waals surface area contributed by atoms with Gasteiger partial charge < -0.3 is 5.32 Å². The zero-order valence-electron chi connectivity index (χ0n) is 7.77. The molecule has 1 aliphatic carbocycles. The number of hydrogen-bond donors (Lipinski definition) is 1. The molecule has 4 nitrogen and oxygen atoms in total. The summed E-state index contributed by atoms with van der Waals surface area (Å²) in [5.41, 5.74) is 1.67. The van der Waals surface area contributed by atoms with Crippen LogP contribution in [0.25, 0.3) is 0 Å². The predicted octanol–water partition coefficient (Wildman–Crippen LogP) is 1.30. The molecule has 0 bridgehead atoms. The minimum atomic E-state index is -0.0800. The summed E-state index contributed by atoms with van der Waals surface area (Å²) in [6.07, 6.45) is 2.25. The van der Waals surface area contributed by atoms with E-state index in [9.17, 15) is 4.79 Å². The minimum Gasteiger partial charge on any atom is -0.352 e. The summed E-state index contributed by atoms with van der Waals surface area (Å²) >= 11 is 2.92. The Hall–Kier alpha value is -0.620. The van der Waals surface area contributed by atoms with Gasteiger partial charge in [-0.2, -0.15) is 0 Å². The molecule has 0 saturated heterocycles. The predicted molar refractivity (Wildman–Crippen MR) is 56.4 cm³/mol. The maximum atomic E-state index is 11.5. The van der Waals surface area contributed by atoms with E-state index in [4.69, 9.17) is 0 Å². The molecule has 0 unspecified atom stereocenters. The molecule has 6 heteroatoms. The maximum Gasteiger partial charge on any atom is 0.233 e. The lowest BCUT2D eigenvalue weighted by molar-refractivity contribution is -0.120. The van der Waals surface area contributed by atoms with E-state index in [0.717, 1.165) is 17.2 Å². The van der Waals surface area contributed by atoms with Crippen LogP contribution >= 0.6 is 23.1 Å². The van der Waals surface area contributed by atoms with E-state index in [1.54, 1.807) is 5.51 Å². The lowest BCUT2D eigenvalue weighted by atomic mass is 10.4. The van der Waals surface area contributed by atoms with E-state index < -0.39 is 0 Å². The Balaban J connectivity index is 1.81. The summed E-state index contributed by atoms with van der Waals surface area (Å²) in [6, 6.07) is 0.431. The van der Waals surface area contributed by atoms with Gasteiger partial charge in [0.05, 0.1) is 5.25 Å². The average Bonchev–Trinajstić information content (AvgIpc) is 2.81. The second-order valence-corrected chi connectivity index (χ2v) is 5.67. The number of nitrogens with zero attached hydrogens (tertiary/aromatic N) is 2. The zero-order chi connectivity index (χ0) is 9.97. The molecule has 0 radical (unpaired) electrons. The number of amides is 1. The molecule has 76 valence electrons. The molecular formula is C8H11N3OS2. The SMILES string of the molecule is C[C@H](Sc1nncs1)C(=O)NC1CC1. The smallest absolute Gasteiger partial charge is 0.233 e. The summed E-state index contributed by atoms with van der Waals surface area (Å²) < 4.78 is 0.850. The lowest BCUT2D eigenvalue weighted by Gasteiger charge is -2.08. The highest BCUT2D eigenvalue weighted by molar-refractivity contribution is 8.02. The van der Waals surface area contributed by atoms with Crippen LogP contribution in [0.4, 0.5) is 0 Å². The van der Waals surface area contributed by atoms with Crippen LogP contribution in [-0.2, 0) is 4.79 Å². The van der Waals surface area contributed by atoms with Crippen LogP contribution in [0.5, 0.6) is 0 Å². The van der Waals surface area contributed by atoms with E-state index in [1.165, 1.54) is 23.1 Å². The lowest BCUT2D eigenvalue weighted by Crippen LogP contribution is -2.32.